The van der Waals surface area contributed by atoms with E-state index in [-0.39, 0.29) is 30.4 Å². The SMILES string of the molecule is CC(C)C[C@H](N)C(=O)NC(Cc1ccccc1)C1CC1.Cl. The van der Waals surface area contributed by atoms with Crippen LogP contribution in [0, 0.1) is 11.8 Å². The largest absolute Gasteiger partial charge is 0.351 e. The zero-order valence-electron chi connectivity index (χ0n) is 12.9. The number of hydrogen-bond acceptors (Lipinski definition) is 2. The Bertz CT molecular complexity index is 432. The van der Waals surface area contributed by atoms with Crippen molar-refractivity contribution in [3.8, 4) is 0 Å². The highest BCUT2D eigenvalue weighted by molar-refractivity contribution is 5.85. The molecule has 2 rings (SSSR count). The zero-order valence-corrected chi connectivity index (χ0v) is 13.7. The van der Waals surface area contributed by atoms with Gasteiger partial charge in [-0.1, -0.05) is 44.2 Å². The topological polar surface area (TPSA) is 55.1 Å². The van der Waals surface area contributed by atoms with Crippen molar-refractivity contribution in [2.24, 2.45) is 17.6 Å². The molecule has 0 heterocycles. The van der Waals surface area contributed by atoms with E-state index in [1.165, 1.54) is 18.4 Å². The van der Waals surface area contributed by atoms with Gasteiger partial charge in [0, 0.05) is 6.04 Å². The normalized spacial score (nSPS) is 17.0. The Hall–Kier alpha value is -1.06. The van der Waals surface area contributed by atoms with Gasteiger partial charge in [-0.05, 0) is 43.1 Å². The van der Waals surface area contributed by atoms with Gasteiger partial charge >= 0.3 is 0 Å². The molecule has 0 saturated heterocycles. The molecule has 1 unspecified atom stereocenters. The molecule has 1 fully saturated rings. The molecule has 1 amide bonds. The van der Waals surface area contributed by atoms with Crippen LogP contribution in [0.15, 0.2) is 30.3 Å². The van der Waals surface area contributed by atoms with Crippen LogP contribution < -0.4 is 11.1 Å². The van der Waals surface area contributed by atoms with Crippen LogP contribution in [-0.4, -0.2) is 18.0 Å². The molecule has 1 aliphatic rings. The fraction of sp³-hybridized carbons (Fsp3) is 0.588. The Balaban J connectivity index is 0.00000220. The highest BCUT2D eigenvalue weighted by Crippen LogP contribution is 2.34. The van der Waals surface area contributed by atoms with E-state index in [1.807, 2.05) is 18.2 Å². The number of halogens is 1. The zero-order chi connectivity index (χ0) is 14.5. The minimum Gasteiger partial charge on any atom is -0.351 e. The fourth-order valence-electron chi connectivity index (χ4n) is 2.61. The van der Waals surface area contributed by atoms with Crippen molar-refractivity contribution in [2.75, 3.05) is 0 Å². The number of carbonyl (C=O) groups excluding carboxylic acids is 1. The van der Waals surface area contributed by atoms with Gasteiger partial charge in [0.15, 0.2) is 0 Å². The quantitative estimate of drug-likeness (QED) is 0.813. The lowest BCUT2D eigenvalue weighted by Gasteiger charge is -2.21. The van der Waals surface area contributed by atoms with Gasteiger partial charge in [0.2, 0.25) is 5.91 Å². The van der Waals surface area contributed by atoms with Gasteiger partial charge in [-0.3, -0.25) is 4.79 Å². The number of carbonyl (C=O) groups is 1. The first-order chi connectivity index (χ1) is 9.56. The Morgan fingerprint density at radius 2 is 1.90 bits per heavy atom. The average Bonchev–Trinajstić information content (AvgIpc) is 3.22. The molecule has 0 aromatic heterocycles. The molecular weight excluding hydrogens is 284 g/mol. The molecular formula is C17H27ClN2O. The van der Waals surface area contributed by atoms with E-state index in [0.29, 0.717) is 11.8 Å². The molecule has 0 aliphatic heterocycles. The van der Waals surface area contributed by atoms with Gasteiger partial charge in [0.25, 0.3) is 0 Å². The second-order valence-corrected chi connectivity index (χ2v) is 6.38. The van der Waals surface area contributed by atoms with Crippen molar-refractivity contribution in [3.63, 3.8) is 0 Å². The molecule has 21 heavy (non-hydrogen) atoms. The van der Waals surface area contributed by atoms with Gasteiger partial charge in [0.05, 0.1) is 6.04 Å². The molecule has 1 aromatic carbocycles. The summed E-state index contributed by atoms with van der Waals surface area (Å²) in [5.41, 5.74) is 7.25. The second-order valence-electron chi connectivity index (χ2n) is 6.38. The fourth-order valence-corrected chi connectivity index (χ4v) is 2.61. The molecule has 3 nitrogen and oxygen atoms in total. The second kappa shape index (κ2) is 8.40. The smallest absolute Gasteiger partial charge is 0.237 e. The lowest BCUT2D eigenvalue weighted by molar-refractivity contribution is -0.123. The van der Waals surface area contributed by atoms with Crippen molar-refractivity contribution in [1.29, 1.82) is 0 Å². The first kappa shape index (κ1) is 18.0. The molecule has 0 radical (unpaired) electrons. The summed E-state index contributed by atoms with van der Waals surface area (Å²) in [5, 5.41) is 3.17. The van der Waals surface area contributed by atoms with Crippen molar-refractivity contribution in [1.82, 2.24) is 5.32 Å². The maximum absolute atomic E-state index is 12.2. The van der Waals surface area contributed by atoms with Crippen LogP contribution in [0.5, 0.6) is 0 Å². The number of rotatable bonds is 7. The summed E-state index contributed by atoms with van der Waals surface area (Å²) in [5.74, 6) is 1.08. The monoisotopic (exact) mass is 310 g/mol. The van der Waals surface area contributed by atoms with Crippen molar-refractivity contribution in [2.45, 2.75) is 51.6 Å². The number of nitrogens with two attached hydrogens (primary N) is 1. The van der Waals surface area contributed by atoms with E-state index < -0.39 is 0 Å². The van der Waals surface area contributed by atoms with E-state index in [9.17, 15) is 4.79 Å². The summed E-state index contributed by atoms with van der Waals surface area (Å²) >= 11 is 0. The van der Waals surface area contributed by atoms with E-state index >= 15 is 0 Å². The van der Waals surface area contributed by atoms with Crippen LogP contribution in [0.25, 0.3) is 0 Å². The van der Waals surface area contributed by atoms with Crippen molar-refractivity contribution < 1.29 is 4.79 Å². The minimum atomic E-state index is -0.382. The predicted octanol–water partition coefficient (Wildman–Crippen LogP) is 2.92. The summed E-state index contributed by atoms with van der Waals surface area (Å²) in [6.45, 7) is 4.19. The summed E-state index contributed by atoms with van der Waals surface area (Å²) in [6, 6.07) is 10.2. The summed E-state index contributed by atoms with van der Waals surface area (Å²) in [6.07, 6.45) is 4.09. The molecule has 0 bridgehead atoms. The molecule has 118 valence electrons. The summed E-state index contributed by atoms with van der Waals surface area (Å²) < 4.78 is 0. The van der Waals surface area contributed by atoms with E-state index in [4.69, 9.17) is 5.73 Å². The third kappa shape index (κ3) is 6.06. The maximum atomic E-state index is 12.2. The summed E-state index contributed by atoms with van der Waals surface area (Å²) in [4.78, 5) is 12.2. The van der Waals surface area contributed by atoms with Crippen LogP contribution in [0.1, 0.15) is 38.7 Å². The highest BCUT2D eigenvalue weighted by Gasteiger charge is 2.33. The number of hydrogen-bond donors (Lipinski definition) is 2. The van der Waals surface area contributed by atoms with Crippen LogP contribution in [0.4, 0.5) is 0 Å². The van der Waals surface area contributed by atoms with E-state index in [0.717, 1.165) is 12.8 Å². The number of nitrogens with one attached hydrogen (secondary N) is 1. The van der Waals surface area contributed by atoms with Gasteiger partial charge in [0.1, 0.15) is 0 Å². The van der Waals surface area contributed by atoms with Crippen LogP contribution in [-0.2, 0) is 11.2 Å². The molecule has 1 aromatic rings. The number of amides is 1. The highest BCUT2D eigenvalue weighted by atomic mass is 35.5. The van der Waals surface area contributed by atoms with Crippen LogP contribution in [0.3, 0.4) is 0 Å². The van der Waals surface area contributed by atoms with Gasteiger partial charge in [-0.2, -0.15) is 0 Å². The average molecular weight is 311 g/mol. The maximum Gasteiger partial charge on any atom is 0.237 e. The third-order valence-electron chi connectivity index (χ3n) is 3.88. The van der Waals surface area contributed by atoms with Crippen LogP contribution >= 0.6 is 12.4 Å². The third-order valence-corrected chi connectivity index (χ3v) is 3.88. The first-order valence-corrected chi connectivity index (χ1v) is 7.66. The lowest BCUT2D eigenvalue weighted by Crippen LogP contribution is -2.47. The molecule has 1 saturated carbocycles. The standard InChI is InChI=1S/C17H26N2O.ClH/c1-12(2)10-15(18)17(20)19-16(14-8-9-14)11-13-6-4-3-5-7-13;/h3-7,12,14-16H,8-11,18H2,1-2H3,(H,19,20);1H/t15-,16?;/m0./s1. The van der Waals surface area contributed by atoms with Gasteiger partial charge in [-0.15, -0.1) is 12.4 Å². The predicted molar refractivity (Wildman–Crippen MR) is 89.5 cm³/mol. The Morgan fingerprint density at radius 1 is 1.29 bits per heavy atom. The Morgan fingerprint density at radius 3 is 2.43 bits per heavy atom. The van der Waals surface area contributed by atoms with Crippen molar-refractivity contribution >= 4 is 18.3 Å². The van der Waals surface area contributed by atoms with Crippen molar-refractivity contribution in [3.05, 3.63) is 35.9 Å². The van der Waals surface area contributed by atoms with E-state index in [2.05, 4.69) is 31.3 Å². The first-order valence-electron chi connectivity index (χ1n) is 7.66. The van der Waals surface area contributed by atoms with E-state index in [1.54, 1.807) is 0 Å². The minimum absolute atomic E-state index is 0. The molecule has 4 heteroatoms. The van der Waals surface area contributed by atoms with Gasteiger partial charge < -0.3 is 11.1 Å². The molecule has 3 N–H and O–H groups in total. The Labute approximate surface area is 134 Å². The van der Waals surface area contributed by atoms with Crippen LogP contribution in [0.2, 0.25) is 0 Å². The molecule has 0 spiro atoms. The molecule has 1 aliphatic carbocycles. The molecule has 2 atom stereocenters. The summed E-state index contributed by atoms with van der Waals surface area (Å²) in [7, 11) is 0. The Kier molecular flexibility index (Phi) is 7.20. The van der Waals surface area contributed by atoms with Gasteiger partial charge in [-0.25, -0.2) is 0 Å². The number of benzene rings is 1. The lowest BCUT2D eigenvalue weighted by atomic mass is 10.00.